The Kier molecular flexibility index (Phi) is 8.28. The predicted octanol–water partition coefficient (Wildman–Crippen LogP) is -2.84. The van der Waals surface area contributed by atoms with Crippen molar-refractivity contribution in [3.8, 4) is 0 Å². The molecular weight excluding hydrogens is 201 g/mol. The summed E-state index contributed by atoms with van der Waals surface area (Å²) in [4.78, 5) is 8.67. The molecule has 0 aliphatic carbocycles. The Morgan fingerprint density at radius 2 is 2.00 bits per heavy atom. The normalized spacial score (nSPS) is 7.36. The van der Waals surface area contributed by atoms with Crippen LogP contribution in [0, 0.1) is 15.5 Å². The van der Waals surface area contributed by atoms with E-state index in [0.717, 1.165) is 0 Å². The van der Waals surface area contributed by atoms with E-state index in [1.807, 2.05) is 5.43 Å². The molecule has 0 aliphatic rings. The van der Waals surface area contributed by atoms with Crippen LogP contribution in [0.25, 0.3) is 0 Å². The monoisotopic (exact) mass is 209 g/mol. The van der Waals surface area contributed by atoms with Gasteiger partial charge in [0.05, 0.1) is 0 Å². The molecule has 9 nitrogen and oxygen atoms in total. The van der Waals surface area contributed by atoms with Crippen molar-refractivity contribution >= 4 is 5.96 Å². The molecule has 0 aromatic carbocycles. The van der Waals surface area contributed by atoms with Crippen LogP contribution in [0.4, 0.5) is 0 Å². The summed E-state index contributed by atoms with van der Waals surface area (Å²) in [7, 11) is 0. The SMILES string of the molecule is N=C(NN)N(N)N.O=[N+]([O-])[Co]. The van der Waals surface area contributed by atoms with Crippen molar-refractivity contribution in [1.29, 1.82) is 5.41 Å². The zero-order chi connectivity index (χ0) is 9.44. The Labute approximate surface area is 70.2 Å². The standard InChI is InChI=1S/CH8N6.Co.NO2/c2-1(6-3)7(4)5;;2-1-3/h3-5H2,(H2,2,6);;. The maximum absolute atomic E-state index is 8.67. The van der Waals surface area contributed by atoms with Crippen molar-refractivity contribution in [1.82, 2.24) is 10.5 Å². The van der Waals surface area contributed by atoms with E-state index in [2.05, 4.69) is 16.0 Å². The van der Waals surface area contributed by atoms with E-state index in [4.69, 9.17) is 33.1 Å². The summed E-state index contributed by atoms with van der Waals surface area (Å²) in [6, 6.07) is 0. The molecule has 0 spiro atoms. The Balaban J connectivity index is 0. The van der Waals surface area contributed by atoms with Crippen LogP contribution in [0.1, 0.15) is 0 Å². The van der Waals surface area contributed by atoms with E-state index >= 15 is 0 Å². The first kappa shape index (κ1) is 12.7. The van der Waals surface area contributed by atoms with Crippen LogP contribution >= 0.6 is 0 Å². The minimum atomic E-state index is -0.812. The van der Waals surface area contributed by atoms with Crippen LogP contribution in [-0.2, 0) is 16.0 Å². The van der Waals surface area contributed by atoms with Gasteiger partial charge < -0.3 is 0 Å². The average molecular weight is 209 g/mol. The number of hydrogen-bond acceptors (Lipinski definition) is 6. The van der Waals surface area contributed by atoms with Crippen molar-refractivity contribution in [2.45, 2.75) is 0 Å². The molecule has 10 heteroatoms. The van der Waals surface area contributed by atoms with Crippen LogP contribution in [0.15, 0.2) is 0 Å². The van der Waals surface area contributed by atoms with Gasteiger partial charge >= 0.3 is 30.0 Å². The fourth-order valence-corrected chi connectivity index (χ4v) is 0.0745. The molecule has 0 atom stereocenters. The minimum absolute atomic E-state index is 0.236. The van der Waals surface area contributed by atoms with Crippen LogP contribution < -0.4 is 23.0 Å². The van der Waals surface area contributed by atoms with Gasteiger partial charge in [-0.1, -0.05) is 0 Å². The fourth-order valence-electron chi connectivity index (χ4n) is 0.0745. The van der Waals surface area contributed by atoms with Gasteiger partial charge in [-0.15, -0.1) is 0 Å². The van der Waals surface area contributed by atoms with E-state index < -0.39 is 3.97 Å². The second kappa shape index (κ2) is 7.17. The fraction of sp³-hybridized carbons (Fsp3) is 0. The summed E-state index contributed by atoms with van der Waals surface area (Å²) in [6.07, 6.45) is 0. The summed E-state index contributed by atoms with van der Waals surface area (Å²) < 4.78 is -0.812. The van der Waals surface area contributed by atoms with Gasteiger partial charge in [-0.2, -0.15) is 0 Å². The molecule has 8 N–H and O–H groups in total. The van der Waals surface area contributed by atoms with Crippen LogP contribution in [-0.4, -0.2) is 15.0 Å². The van der Waals surface area contributed by atoms with Gasteiger partial charge in [-0.3, -0.25) is 10.8 Å². The van der Waals surface area contributed by atoms with Gasteiger partial charge in [0, 0.05) is 0 Å². The Morgan fingerprint density at radius 1 is 1.73 bits per heavy atom. The summed E-state index contributed by atoms with van der Waals surface area (Å²) in [5.41, 5.74) is 1.92. The topological polar surface area (TPSA) is 160 Å². The number of guanidine groups is 1. The molecular formula is CH8CoN7O2. The van der Waals surface area contributed by atoms with E-state index in [1.165, 1.54) is 0 Å². The number of nitrogens with two attached hydrogens (primary N) is 3. The van der Waals surface area contributed by atoms with Gasteiger partial charge in [0.25, 0.3) is 0 Å². The summed E-state index contributed by atoms with van der Waals surface area (Å²) in [6.45, 7) is 0. The van der Waals surface area contributed by atoms with Crippen LogP contribution in [0.2, 0.25) is 0 Å². The van der Waals surface area contributed by atoms with E-state index in [0.29, 0.717) is 5.12 Å². The third kappa shape index (κ3) is 17.6. The first-order chi connectivity index (χ1) is 4.91. The number of nitro groups is 1. The molecule has 68 valence electrons. The van der Waals surface area contributed by atoms with E-state index in [1.54, 1.807) is 0 Å². The molecule has 0 unspecified atom stereocenters. The number of hydrazine groups is 3. The van der Waals surface area contributed by atoms with Crippen molar-refractivity contribution in [3.05, 3.63) is 10.1 Å². The molecule has 0 rings (SSSR count). The molecule has 0 aromatic rings. The van der Waals surface area contributed by atoms with Gasteiger partial charge in [0.2, 0.25) is 5.96 Å². The summed E-state index contributed by atoms with van der Waals surface area (Å²) in [5.74, 6) is 14.0. The number of rotatable bonds is 0. The molecule has 0 heterocycles. The molecule has 0 aromatic heterocycles. The average Bonchev–Trinajstić information content (AvgIpc) is 1.85. The molecule has 0 fully saturated rings. The molecule has 11 heavy (non-hydrogen) atoms. The second-order valence-corrected chi connectivity index (χ2v) is 1.48. The van der Waals surface area contributed by atoms with E-state index in [-0.39, 0.29) is 5.96 Å². The van der Waals surface area contributed by atoms with Crippen LogP contribution in [0.3, 0.4) is 0 Å². The maximum atomic E-state index is 8.67. The van der Waals surface area contributed by atoms with Gasteiger partial charge in [0.1, 0.15) is 0 Å². The number of hydrogen-bond donors (Lipinski definition) is 5. The molecule has 0 radical (unpaired) electrons. The Bertz CT molecular complexity index is 130. The molecule has 0 saturated carbocycles. The van der Waals surface area contributed by atoms with Crippen LogP contribution in [0.5, 0.6) is 0 Å². The van der Waals surface area contributed by atoms with E-state index in [9.17, 15) is 0 Å². The molecule has 0 amide bonds. The van der Waals surface area contributed by atoms with Crippen molar-refractivity contribution < 1.29 is 19.9 Å². The number of nitrogens with zero attached hydrogens (tertiary/aromatic N) is 2. The third-order valence-corrected chi connectivity index (χ3v) is 0.395. The Hall–Kier alpha value is -0.944. The first-order valence-electron chi connectivity index (χ1n) is 2.04. The van der Waals surface area contributed by atoms with Gasteiger partial charge in [-0.05, 0) is 0 Å². The second-order valence-electron chi connectivity index (χ2n) is 1.10. The first-order valence-corrected chi connectivity index (χ1v) is 2.51. The number of nitrogens with one attached hydrogen (secondary N) is 2. The zero-order valence-corrected chi connectivity index (χ0v) is 6.32. The summed E-state index contributed by atoms with van der Waals surface area (Å²) in [5, 5.41) is 15.9. The third-order valence-electron chi connectivity index (χ3n) is 0.395. The summed E-state index contributed by atoms with van der Waals surface area (Å²) >= 11 is 2.73. The van der Waals surface area contributed by atoms with Crippen molar-refractivity contribution in [2.75, 3.05) is 0 Å². The van der Waals surface area contributed by atoms with Gasteiger partial charge in [0.15, 0.2) is 0 Å². The zero-order valence-electron chi connectivity index (χ0n) is 5.28. The molecule has 0 aliphatic heterocycles. The molecule has 0 bridgehead atoms. The van der Waals surface area contributed by atoms with Gasteiger partial charge in [-0.25, -0.2) is 22.6 Å². The van der Waals surface area contributed by atoms with Crippen molar-refractivity contribution in [2.24, 2.45) is 17.5 Å². The van der Waals surface area contributed by atoms with Crippen molar-refractivity contribution in [3.63, 3.8) is 0 Å². The Morgan fingerprint density at radius 3 is 2.00 bits per heavy atom. The predicted molar refractivity (Wildman–Crippen MR) is 32.3 cm³/mol. The molecule has 0 saturated heterocycles. The quantitative estimate of drug-likeness (QED) is 0.0943.